The highest BCUT2D eigenvalue weighted by Gasteiger charge is 2.62. The first-order valence-electron chi connectivity index (χ1n) is 9.23. The van der Waals surface area contributed by atoms with E-state index in [1.807, 2.05) is 6.08 Å². The fourth-order valence-electron chi connectivity index (χ4n) is 6.85. The number of Topliss-reactive ketones (excluding diaryl/α,β-unsaturated/α-hetero) is 1. The SMILES string of the molecule is C#CC[C@]12C(=O)C(=O)C=CC1CC[C@H]1[C@@H]3CCC[C@@]3(C)CC[C@@H]12. The predicted molar refractivity (Wildman–Crippen MR) is 89.4 cm³/mol. The van der Waals surface area contributed by atoms with Crippen molar-refractivity contribution in [3.05, 3.63) is 12.2 Å². The molecule has 0 aromatic rings. The maximum absolute atomic E-state index is 13.0. The molecule has 2 nitrogen and oxygen atoms in total. The summed E-state index contributed by atoms with van der Waals surface area (Å²) in [6.07, 6.45) is 18.1. The van der Waals surface area contributed by atoms with Crippen molar-refractivity contribution >= 4 is 11.6 Å². The summed E-state index contributed by atoms with van der Waals surface area (Å²) in [7, 11) is 0. The van der Waals surface area contributed by atoms with Gasteiger partial charge in [0.25, 0.3) is 0 Å². The molecule has 0 heterocycles. The highest BCUT2D eigenvalue weighted by atomic mass is 16.2. The lowest BCUT2D eigenvalue weighted by molar-refractivity contribution is -0.155. The Kier molecular flexibility index (Phi) is 3.34. The second-order valence-corrected chi connectivity index (χ2v) is 8.62. The van der Waals surface area contributed by atoms with Gasteiger partial charge in [-0.15, -0.1) is 12.3 Å². The van der Waals surface area contributed by atoms with Crippen LogP contribution >= 0.6 is 0 Å². The maximum atomic E-state index is 13.0. The molecule has 0 saturated heterocycles. The van der Waals surface area contributed by atoms with Crippen molar-refractivity contribution in [3.63, 3.8) is 0 Å². The monoisotopic (exact) mass is 310 g/mol. The third kappa shape index (κ3) is 1.89. The summed E-state index contributed by atoms with van der Waals surface area (Å²) in [6.45, 7) is 2.45. The molecule has 3 fully saturated rings. The number of ketones is 2. The lowest BCUT2D eigenvalue weighted by Gasteiger charge is -2.58. The van der Waals surface area contributed by atoms with E-state index in [0.29, 0.717) is 23.7 Å². The molecule has 3 saturated carbocycles. The fourth-order valence-corrected chi connectivity index (χ4v) is 6.85. The Morgan fingerprint density at radius 3 is 2.78 bits per heavy atom. The van der Waals surface area contributed by atoms with Crippen LogP contribution in [0.3, 0.4) is 0 Å². The van der Waals surface area contributed by atoms with Crippen LogP contribution in [-0.2, 0) is 9.59 Å². The number of hydrogen-bond acceptors (Lipinski definition) is 2. The molecule has 0 aromatic carbocycles. The Morgan fingerprint density at radius 1 is 1.17 bits per heavy atom. The molecular formula is C21H26O2. The van der Waals surface area contributed by atoms with Gasteiger partial charge in [-0.3, -0.25) is 9.59 Å². The molecule has 0 aromatic heterocycles. The van der Waals surface area contributed by atoms with Crippen LogP contribution in [0.1, 0.15) is 58.3 Å². The first-order chi connectivity index (χ1) is 11.0. The molecule has 6 atom stereocenters. The highest BCUT2D eigenvalue weighted by molar-refractivity contribution is 6.44. The van der Waals surface area contributed by atoms with E-state index in [2.05, 4.69) is 12.8 Å². The number of terminal acetylenes is 1. The van der Waals surface area contributed by atoms with Gasteiger partial charge in [0.05, 0.1) is 5.41 Å². The van der Waals surface area contributed by atoms with Crippen LogP contribution in [0, 0.1) is 46.8 Å². The third-order valence-corrected chi connectivity index (χ3v) is 7.87. The van der Waals surface area contributed by atoms with Crippen LogP contribution in [0.5, 0.6) is 0 Å². The Balaban J connectivity index is 1.79. The Labute approximate surface area is 139 Å². The van der Waals surface area contributed by atoms with Crippen LogP contribution in [0.4, 0.5) is 0 Å². The van der Waals surface area contributed by atoms with Crippen molar-refractivity contribution in [1.29, 1.82) is 0 Å². The second kappa shape index (κ2) is 5.07. The van der Waals surface area contributed by atoms with E-state index in [-0.39, 0.29) is 17.5 Å². The molecule has 0 bridgehead atoms. The van der Waals surface area contributed by atoms with Crippen LogP contribution in [0.15, 0.2) is 12.2 Å². The third-order valence-electron chi connectivity index (χ3n) is 7.87. The number of hydrogen-bond donors (Lipinski definition) is 0. The molecule has 2 heteroatoms. The van der Waals surface area contributed by atoms with Gasteiger partial charge in [0.1, 0.15) is 0 Å². The molecule has 0 spiro atoms. The van der Waals surface area contributed by atoms with Gasteiger partial charge in [0.15, 0.2) is 0 Å². The minimum absolute atomic E-state index is 0.177. The van der Waals surface area contributed by atoms with Crippen molar-refractivity contribution in [1.82, 2.24) is 0 Å². The minimum atomic E-state index is -0.590. The van der Waals surface area contributed by atoms with Crippen molar-refractivity contribution in [3.8, 4) is 12.3 Å². The molecule has 23 heavy (non-hydrogen) atoms. The molecule has 1 unspecified atom stereocenters. The number of carbonyl (C=O) groups excluding carboxylic acids is 2. The first-order valence-corrected chi connectivity index (χ1v) is 9.23. The van der Waals surface area contributed by atoms with E-state index in [1.54, 1.807) is 0 Å². The topological polar surface area (TPSA) is 34.1 Å². The lowest BCUT2D eigenvalue weighted by Crippen LogP contribution is -2.57. The minimum Gasteiger partial charge on any atom is -0.290 e. The molecule has 4 aliphatic carbocycles. The van der Waals surface area contributed by atoms with Gasteiger partial charge in [-0.1, -0.05) is 19.4 Å². The largest absolute Gasteiger partial charge is 0.290 e. The second-order valence-electron chi connectivity index (χ2n) is 8.62. The van der Waals surface area contributed by atoms with Crippen LogP contribution in [0.2, 0.25) is 0 Å². The van der Waals surface area contributed by atoms with Gasteiger partial charge >= 0.3 is 0 Å². The smallest absolute Gasteiger partial charge is 0.221 e. The van der Waals surface area contributed by atoms with Crippen molar-refractivity contribution < 1.29 is 9.59 Å². The number of carbonyl (C=O) groups is 2. The van der Waals surface area contributed by atoms with E-state index in [4.69, 9.17) is 6.42 Å². The summed E-state index contributed by atoms with van der Waals surface area (Å²) < 4.78 is 0. The summed E-state index contributed by atoms with van der Waals surface area (Å²) in [5.41, 5.74) is -0.129. The quantitative estimate of drug-likeness (QED) is 0.543. The molecule has 0 amide bonds. The molecule has 4 rings (SSSR count). The Hall–Kier alpha value is -1.36. The zero-order chi connectivity index (χ0) is 16.2. The fraction of sp³-hybridized carbons (Fsp3) is 0.714. The van der Waals surface area contributed by atoms with E-state index < -0.39 is 5.41 Å². The summed E-state index contributed by atoms with van der Waals surface area (Å²) in [4.78, 5) is 25.2. The van der Waals surface area contributed by atoms with Crippen LogP contribution in [-0.4, -0.2) is 11.6 Å². The molecule has 0 radical (unpaired) electrons. The van der Waals surface area contributed by atoms with Crippen molar-refractivity contribution in [2.24, 2.45) is 34.5 Å². The van der Waals surface area contributed by atoms with Gasteiger partial charge in [0.2, 0.25) is 11.6 Å². The van der Waals surface area contributed by atoms with Gasteiger partial charge in [-0.2, -0.15) is 0 Å². The van der Waals surface area contributed by atoms with Gasteiger partial charge in [0, 0.05) is 6.42 Å². The van der Waals surface area contributed by atoms with Crippen LogP contribution < -0.4 is 0 Å². The average molecular weight is 310 g/mol. The molecule has 4 aliphatic rings. The van der Waals surface area contributed by atoms with Gasteiger partial charge in [-0.05, 0) is 73.7 Å². The van der Waals surface area contributed by atoms with Gasteiger partial charge in [-0.25, -0.2) is 0 Å². The van der Waals surface area contributed by atoms with E-state index >= 15 is 0 Å². The predicted octanol–water partition coefficient (Wildman–Crippen LogP) is 3.95. The molecule has 122 valence electrons. The normalized spacial score (nSPS) is 48.3. The number of rotatable bonds is 1. The van der Waals surface area contributed by atoms with Crippen LogP contribution in [0.25, 0.3) is 0 Å². The van der Waals surface area contributed by atoms with Crippen molar-refractivity contribution in [2.45, 2.75) is 58.3 Å². The molecular weight excluding hydrogens is 284 g/mol. The lowest BCUT2D eigenvalue weighted by atomic mass is 9.44. The Bertz CT molecular complexity index is 624. The average Bonchev–Trinajstić information content (AvgIpc) is 2.93. The zero-order valence-corrected chi connectivity index (χ0v) is 14.0. The number of allylic oxidation sites excluding steroid dienone is 2. The number of fused-ring (bicyclic) bond motifs is 5. The maximum Gasteiger partial charge on any atom is 0.221 e. The van der Waals surface area contributed by atoms with E-state index in [9.17, 15) is 9.59 Å². The highest BCUT2D eigenvalue weighted by Crippen LogP contribution is 2.65. The first kappa shape index (κ1) is 15.2. The Morgan fingerprint density at radius 2 is 2.00 bits per heavy atom. The zero-order valence-electron chi connectivity index (χ0n) is 14.0. The van der Waals surface area contributed by atoms with E-state index in [1.165, 1.54) is 38.2 Å². The molecule has 0 N–H and O–H groups in total. The van der Waals surface area contributed by atoms with Crippen molar-refractivity contribution in [2.75, 3.05) is 0 Å². The van der Waals surface area contributed by atoms with Gasteiger partial charge < -0.3 is 0 Å². The summed E-state index contributed by atoms with van der Waals surface area (Å²) in [6, 6.07) is 0. The summed E-state index contributed by atoms with van der Waals surface area (Å²) >= 11 is 0. The molecule has 0 aliphatic heterocycles. The summed E-state index contributed by atoms with van der Waals surface area (Å²) in [5.74, 6) is 4.08. The summed E-state index contributed by atoms with van der Waals surface area (Å²) in [5, 5.41) is 0. The standard InChI is InChI=1S/C21H26O2/c1-3-11-21-14(7-9-18(22)19(21)23)6-8-15-16-5-4-12-20(16,2)13-10-17(15)21/h1,7,9,14-17H,4-6,8,10-13H2,2H3/t14?,15-,16-,17-,20-,21-/m0/s1. The van der Waals surface area contributed by atoms with E-state index in [0.717, 1.165) is 18.8 Å².